The smallest absolute Gasteiger partial charge is 0.0184 e. The Balaban J connectivity index is 0.000000706. The van der Waals surface area contributed by atoms with Gasteiger partial charge in [0.25, 0.3) is 0 Å². The summed E-state index contributed by atoms with van der Waals surface area (Å²) in [5.41, 5.74) is 8.80. The average molecular weight is 365 g/mol. The SMILES string of the molecule is CCC.Cc1ccc(-c2ccc(-c3ccc(-c4ccccc4)cc3)cc2)cc1. The second kappa shape index (κ2) is 9.71. The topological polar surface area (TPSA) is 0 Å². The van der Waals surface area contributed by atoms with Crippen LogP contribution in [0.5, 0.6) is 0 Å². The molecule has 4 aromatic carbocycles. The van der Waals surface area contributed by atoms with Gasteiger partial charge in [-0.3, -0.25) is 0 Å². The summed E-state index contributed by atoms with van der Waals surface area (Å²) < 4.78 is 0. The van der Waals surface area contributed by atoms with Crippen LogP contribution in [0.4, 0.5) is 0 Å². The van der Waals surface area contributed by atoms with Crippen molar-refractivity contribution in [2.24, 2.45) is 0 Å². The summed E-state index contributed by atoms with van der Waals surface area (Å²) in [6.45, 7) is 6.37. The van der Waals surface area contributed by atoms with E-state index < -0.39 is 0 Å². The van der Waals surface area contributed by atoms with E-state index in [1.165, 1.54) is 45.4 Å². The van der Waals surface area contributed by atoms with Crippen LogP contribution in [-0.4, -0.2) is 0 Å². The van der Waals surface area contributed by atoms with E-state index in [0.717, 1.165) is 0 Å². The third-order valence-corrected chi connectivity index (χ3v) is 4.60. The zero-order valence-electron chi connectivity index (χ0n) is 17.0. The second-order valence-corrected chi connectivity index (χ2v) is 7.09. The highest BCUT2D eigenvalue weighted by Gasteiger charge is 2.02. The van der Waals surface area contributed by atoms with E-state index in [2.05, 4.69) is 118 Å². The lowest BCUT2D eigenvalue weighted by molar-refractivity contribution is 1.09. The molecule has 0 nitrogen and oxygen atoms in total. The highest BCUT2D eigenvalue weighted by Crippen LogP contribution is 2.27. The van der Waals surface area contributed by atoms with Crippen LogP contribution in [-0.2, 0) is 0 Å². The molecule has 28 heavy (non-hydrogen) atoms. The molecular weight excluding hydrogens is 336 g/mol. The van der Waals surface area contributed by atoms with Gasteiger partial charge in [0.2, 0.25) is 0 Å². The Morgan fingerprint density at radius 3 is 0.964 bits per heavy atom. The van der Waals surface area contributed by atoms with Gasteiger partial charge in [-0.2, -0.15) is 0 Å². The zero-order chi connectivity index (χ0) is 19.8. The molecule has 140 valence electrons. The van der Waals surface area contributed by atoms with Gasteiger partial charge in [0.05, 0.1) is 0 Å². The predicted octanol–water partition coefficient (Wildman–Crippen LogP) is 8.41. The van der Waals surface area contributed by atoms with Crippen molar-refractivity contribution in [2.75, 3.05) is 0 Å². The van der Waals surface area contributed by atoms with Crippen LogP contribution in [0.2, 0.25) is 0 Å². The highest BCUT2D eigenvalue weighted by atomic mass is 14.1. The van der Waals surface area contributed by atoms with E-state index in [-0.39, 0.29) is 0 Å². The maximum Gasteiger partial charge on any atom is -0.0184 e. The van der Waals surface area contributed by atoms with Crippen molar-refractivity contribution in [3.8, 4) is 33.4 Å². The van der Waals surface area contributed by atoms with E-state index in [0.29, 0.717) is 0 Å². The first kappa shape index (κ1) is 19.6. The van der Waals surface area contributed by atoms with E-state index in [9.17, 15) is 0 Å². The predicted molar refractivity (Wildman–Crippen MR) is 123 cm³/mol. The summed E-state index contributed by atoms with van der Waals surface area (Å²) in [5.74, 6) is 0. The first-order chi connectivity index (χ1) is 13.7. The monoisotopic (exact) mass is 364 g/mol. The molecule has 0 radical (unpaired) electrons. The van der Waals surface area contributed by atoms with Gasteiger partial charge in [-0.1, -0.05) is 129 Å². The van der Waals surface area contributed by atoms with Gasteiger partial charge in [0, 0.05) is 0 Å². The minimum atomic E-state index is 1.25. The summed E-state index contributed by atoms with van der Waals surface area (Å²) >= 11 is 0. The van der Waals surface area contributed by atoms with Crippen LogP contribution < -0.4 is 0 Å². The van der Waals surface area contributed by atoms with Crippen LogP contribution in [0.15, 0.2) is 103 Å². The highest BCUT2D eigenvalue weighted by molar-refractivity contribution is 5.73. The van der Waals surface area contributed by atoms with Crippen LogP contribution >= 0.6 is 0 Å². The molecule has 0 aliphatic carbocycles. The van der Waals surface area contributed by atoms with Crippen molar-refractivity contribution < 1.29 is 0 Å². The average Bonchev–Trinajstić information content (AvgIpc) is 2.76. The van der Waals surface area contributed by atoms with Gasteiger partial charge in [0.15, 0.2) is 0 Å². The molecule has 0 saturated heterocycles. The largest absolute Gasteiger partial charge is 0.0656 e. The molecule has 0 saturated carbocycles. The molecule has 0 heteroatoms. The number of benzene rings is 4. The second-order valence-electron chi connectivity index (χ2n) is 7.09. The molecule has 0 amide bonds. The van der Waals surface area contributed by atoms with E-state index >= 15 is 0 Å². The lowest BCUT2D eigenvalue weighted by Crippen LogP contribution is -1.82. The van der Waals surface area contributed by atoms with Crippen molar-refractivity contribution in [3.05, 3.63) is 109 Å². The first-order valence-corrected chi connectivity index (χ1v) is 10.0. The molecule has 4 rings (SSSR count). The number of hydrogen-bond acceptors (Lipinski definition) is 0. The third-order valence-electron chi connectivity index (χ3n) is 4.60. The summed E-state index contributed by atoms with van der Waals surface area (Å²) in [6.07, 6.45) is 1.25. The van der Waals surface area contributed by atoms with Gasteiger partial charge in [0.1, 0.15) is 0 Å². The minimum absolute atomic E-state index is 1.25. The van der Waals surface area contributed by atoms with Crippen LogP contribution in [0.25, 0.3) is 33.4 Å². The van der Waals surface area contributed by atoms with Crippen molar-refractivity contribution in [3.63, 3.8) is 0 Å². The van der Waals surface area contributed by atoms with Gasteiger partial charge < -0.3 is 0 Å². The molecule has 0 N–H and O–H groups in total. The van der Waals surface area contributed by atoms with E-state index in [4.69, 9.17) is 0 Å². The Kier molecular flexibility index (Phi) is 6.81. The van der Waals surface area contributed by atoms with Crippen molar-refractivity contribution >= 4 is 0 Å². The Morgan fingerprint density at radius 1 is 0.393 bits per heavy atom. The summed E-state index contributed by atoms with van der Waals surface area (Å²) in [7, 11) is 0. The Hall–Kier alpha value is -3.12. The van der Waals surface area contributed by atoms with E-state index in [1.807, 2.05) is 6.07 Å². The standard InChI is InChI=1S/C25H20.C3H8/c1-19-7-9-21(10-8-19)23-15-17-25(18-16-23)24-13-11-22(12-14-24)20-5-3-2-4-6-20;1-3-2/h2-18H,1H3;3H2,1-2H3. The molecule has 0 aliphatic rings. The summed E-state index contributed by atoms with van der Waals surface area (Å²) in [4.78, 5) is 0. The van der Waals surface area contributed by atoms with Gasteiger partial charge >= 0.3 is 0 Å². The molecular formula is C28H28. The first-order valence-electron chi connectivity index (χ1n) is 10.0. The molecule has 4 aromatic rings. The number of hydrogen-bond donors (Lipinski definition) is 0. The normalized spacial score (nSPS) is 10.1. The zero-order valence-corrected chi connectivity index (χ0v) is 17.0. The molecule has 0 heterocycles. The fourth-order valence-electron chi connectivity index (χ4n) is 3.09. The maximum atomic E-state index is 2.20. The molecule has 0 aromatic heterocycles. The quantitative estimate of drug-likeness (QED) is 0.342. The van der Waals surface area contributed by atoms with Crippen LogP contribution in [0.1, 0.15) is 25.8 Å². The van der Waals surface area contributed by atoms with E-state index in [1.54, 1.807) is 0 Å². The fraction of sp³-hybridized carbons (Fsp3) is 0.143. The molecule has 0 fully saturated rings. The summed E-state index contributed by atoms with van der Waals surface area (Å²) in [6, 6.07) is 36.7. The van der Waals surface area contributed by atoms with Gasteiger partial charge in [-0.25, -0.2) is 0 Å². The Labute approximate surface area is 169 Å². The third kappa shape index (κ3) is 4.98. The number of rotatable bonds is 3. The van der Waals surface area contributed by atoms with Crippen molar-refractivity contribution in [1.82, 2.24) is 0 Å². The molecule has 0 unspecified atom stereocenters. The fourth-order valence-corrected chi connectivity index (χ4v) is 3.09. The van der Waals surface area contributed by atoms with Gasteiger partial charge in [-0.15, -0.1) is 0 Å². The minimum Gasteiger partial charge on any atom is -0.0656 e. The van der Waals surface area contributed by atoms with Crippen LogP contribution in [0, 0.1) is 6.92 Å². The van der Waals surface area contributed by atoms with Crippen LogP contribution in [0.3, 0.4) is 0 Å². The lowest BCUT2D eigenvalue weighted by atomic mass is 9.98. The molecule has 0 bridgehead atoms. The number of aryl methyl sites for hydroxylation is 1. The maximum absolute atomic E-state index is 2.20. The summed E-state index contributed by atoms with van der Waals surface area (Å²) in [5, 5.41) is 0. The molecule has 0 spiro atoms. The molecule has 0 aliphatic heterocycles. The van der Waals surface area contributed by atoms with Crippen molar-refractivity contribution in [2.45, 2.75) is 27.2 Å². The Bertz CT molecular complexity index is 961. The Morgan fingerprint density at radius 2 is 0.643 bits per heavy atom. The van der Waals surface area contributed by atoms with Crippen molar-refractivity contribution in [1.29, 1.82) is 0 Å². The molecule has 0 atom stereocenters. The van der Waals surface area contributed by atoms with Gasteiger partial charge in [-0.05, 0) is 40.3 Å². The lowest BCUT2D eigenvalue weighted by Gasteiger charge is -2.07.